The zero-order chi connectivity index (χ0) is 19.1. The average Bonchev–Trinajstić information content (AvgIpc) is 3.09. The van der Waals surface area contributed by atoms with Crippen molar-refractivity contribution in [2.24, 2.45) is 0 Å². The third-order valence-corrected chi connectivity index (χ3v) is 3.70. The lowest BCUT2D eigenvalue weighted by molar-refractivity contribution is -0.384. The van der Waals surface area contributed by atoms with Crippen LogP contribution >= 0.6 is 12.4 Å². The Morgan fingerprint density at radius 2 is 2.04 bits per heavy atom. The smallest absolute Gasteiger partial charge is 0.286 e. The molecule has 2 rings (SSSR count). The lowest BCUT2D eigenvalue weighted by Gasteiger charge is -2.11. The predicted molar refractivity (Wildman–Crippen MR) is 99.8 cm³/mol. The average molecular weight is 403 g/mol. The lowest BCUT2D eigenvalue weighted by Crippen LogP contribution is -2.24. The van der Waals surface area contributed by atoms with E-state index in [0.29, 0.717) is 24.6 Å². The summed E-state index contributed by atoms with van der Waals surface area (Å²) in [5.41, 5.74) is -0.0446. The summed E-state index contributed by atoms with van der Waals surface area (Å²) in [6.07, 6.45) is 0.531. The quantitative estimate of drug-likeness (QED) is 0.362. The molecule has 0 aliphatic carbocycles. The normalized spacial score (nSPS) is 11.6. The van der Waals surface area contributed by atoms with Crippen LogP contribution < -0.4 is 14.8 Å². The van der Waals surface area contributed by atoms with Gasteiger partial charge in [-0.15, -0.1) is 12.4 Å². The molecule has 27 heavy (non-hydrogen) atoms. The number of likely N-dealkylation sites (N-methyl/N-ethyl adjacent to an activating group) is 1. The van der Waals surface area contributed by atoms with Gasteiger partial charge in [0.2, 0.25) is 0 Å². The minimum absolute atomic E-state index is 0. The Kier molecular flexibility index (Phi) is 8.92. The molecule has 1 N–H and O–H groups in total. The van der Waals surface area contributed by atoms with Crippen LogP contribution in [0.4, 0.5) is 5.69 Å². The fourth-order valence-electron chi connectivity index (χ4n) is 2.20. The van der Waals surface area contributed by atoms with Gasteiger partial charge in [0.15, 0.2) is 17.3 Å². The number of benzene rings is 1. The highest BCUT2D eigenvalue weighted by Crippen LogP contribution is 2.39. The van der Waals surface area contributed by atoms with Crippen molar-refractivity contribution in [1.29, 1.82) is 0 Å². The second kappa shape index (κ2) is 10.7. The van der Waals surface area contributed by atoms with E-state index in [4.69, 9.17) is 18.7 Å². The van der Waals surface area contributed by atoms with E-state index in [1.54, 1.807) is 0 Å². The van der Waals surface area contributed by atoms with Crippen molar-refractivity contribution < 1.29 is 23.7 Å². The zero-order valence-electron chi connectivity index (χ0n) is 15.6. The first-order valence-electron chi connectivity index (χ1n) is 7.98. The number of nitrogens with zero attached hydrogens (tertiary/aromatic N) is 3. The number of methoxy groups -OCH3 is 2. The summed E-state index contributed by atoms with van der Waals surface area (Å²) >= 11 is 0. The molecule has 0 fully saturated rings. The summed E-state index contributed by atoms with van der Waals surface area (Å²) in [7, 11) is 4.81. The highest BCUT2D eigenvalue weighted by molar-refractivity contribution is 5.85. The Balaban J connectivity index is 0.00000364. The van der Waals surface area contributed by atoms with E-state index in [9.17, 15) is 10.1 Å². The van der Waals surface area contributed by atoms with Crippen LogP contribution in [0.3, 0.4) is 0 Å². The molecule has 1 aromatic heterocycles. The Morgan fingerprint density at radius 1 is 1.30 bits per heavy atom. The number of rotatable bonds is 10. The molecule has 0 saturated carbocycles. The first kappa shape index (κ1) is 22.6. The van der Waals surface area contributed by atoms with Gasteiger partial charge in [-0.25, -0.2) is 0 Å². The van der Waals surface area contributed by atoms with Crippen molar-refractivity contribution in [3.05, 3.63) is 28.1 Å². The molecular weight excluding hydrogens is 380 g/mol. The molecule has 1 unspecified atom stereocenters. The molecule has 1 aromatic carbocycles. The number of nitrogens with one attached hydrogen (secondary N) is 1. The largest absolute Gasteiger partial charge is 0.493 e. The van der Waals surface area contributed by atoms with Crippen molar-refractivity contribution in [2.45, 2.75) is 19.4 Å². The Bertz CT molecular complexity index is 755. The molecule has 0 radical (unpaired) electrons. The second-order valence-electron chi connectivity index (χ2n) is 5.53. The molecule has 150 valence electrons. The highest BCUT2D eigenvalue weighted by atomic mass is 35.5. The van der Waals surface area contributed by atoms with Crippen LogP contribution in [0.15, 0.2) is 16.7 Å². The van der Waals surface area contributed by atoms with Gasteiger partial charge in [0.25, 0.3) is 11.6 Å². The maximum Gasteiger partial charge on any atom is 0.286 e. The summed E-state index contributed by atoms with van der Waals surface area (Å²) in [5, 5.41) is 18.4. The zero-order valence-corrected chi connectivity index (χ0v) is 16.4. The molecule has 11 heteroatoms. The van der Waals surface area contributed by atoms with Crippen molar-refractivity contribution >= 4 is 18.1 Å². The van der Waals surface area contributed by atoms with Crippen LogP contribution in [0.25, 0.3) is 11.5 Å². The van der Waals surface area contributed by atoms with Gasteiger partial charge in [0.1, 0.15) is 12.2 Å². The first-order chi connectivity index (χ1) is 12.5. The van der Waals surface area contributed by atoms with Gasteiger partial charge in [-0.3, -0.25) is 10.1 Å². The molecule has 2 aromatic rings. The topological polar surface area (TPSA) is 122 Å². The molecule has 10 nitrogen and oxygen atoms in total. The van der Waals surface area contributed by atoms with E-state index >= 15 is 0 Å². The molecular formula is C16H23ClN4O6. The first-order valence-corrected chi connectivity index (χ1v) is 7.98. The maximum atomic E-state index is 11.5. The minimum atomic E-state index is -0.530. The molecule has 0 amide bonds. The summed E-state index contributed by atoms with van der Waals surface area (Å²) in [5.74, 6) is 1.07. The predicted octanol–water partition coefficient (Wildman–Crippen LogP) is 2.25. The van der Waals surface area contributed by atoms with E-state index < -0.39 is 4.92 Å². The minimum Gasteiger partial charge on any atom is -0.493 e. The number of hydrogen-bond donors (Lipinski definition) is 1. The van der Waals surface area contributed by atoms with E-state index in [1.807, 2.05) is 14.0 Å². The van der Waals surface area contributed by atoms with Crippen LogP contribution in [-0.4, -0.2) is 55.6 Å². The van der Waals surface area contributed by atoms with Crippen molar-refractivity contribution in [1.82, 2.24) is 15.5 Å². The number of halogens is 1. The Hall–Kier alpha value is -2.43. The van der Waals surface area contributed by atoms with Crippen LogP contribution in [0, 0.1) is 10.1 Å². The van der Waals surface area contributed by atoms with Crippen LogP contribution in [-0.2, 0) is 11.2 Å². The van der Waals surface area contributed by atoms with Crippen LogP contribution in [0.2, 0.25) is 0 Å². The summed E-state index contributed by atoms with van der Waals surface area (Å²) in [6, 6.07) is 2.88. The Labute approximate surface area is 162 Å². The van der Waals surface area contributed by atoms with Gasteiger partial charge in [0, 0.05) is 25.6 Å². The standard InChI is InChI=1S/C16H22N4O6.ClH/c1-10(17-2)7-15-18-16(26-19-15)11-8-13(24-4)14(25-6-5-23-3)9-12(11)20(21)22;/h8-10,17H,5-7H2,1-4H3;1H. The molecule has 0 aliphatic rings. The van der Waals surface area contributed by atoms with E-state index in [2.05, 4.69) is 15.5 Å². The molecule has 1 heterocycles. The summed E-state index contributed by atoms with van der Waals surface area (Å²) < 4.78 is 20.9. The maximum absolute atomic E-state index is 11.5. The number of nitro benzene ring substituents is 1. The monoisotopic (exact) mass is 402 g/mol. The SMILES string of the molecule is CNC(C)Cc1noc(-c2cc(OC)c(OCCOC)cc2[N+](=O)[O-])n1.Cl. The number of hydrogen-bond acceptors (Lipinski definition) is 9. The van der Waals surface area contributed by atoms with Gasteiger partial charge >= 0.3 is 0 Å². The van der Waals surface area contributed by atoms with E-state index in [0.717, 1.165) is 0 Å². The highest BCUT2D eigenvalue weighted by Gasteiger charge is 2.25. The molecule has 0 spiro atoms. The fraction of sp³-hybridized carbons (Fsp3) is 0.500. The summed E-state index contributed by atoms with van der Waals surface area (Å²) in [4.78, 5) is 15.2. The van der Waals surface area contributed by atoms with E-state index in [-0.39, 0.29) is 47.9 Å². The van der Waals surface area contributed by atoms with Crippen molar-refractivity contribution in [3.63, 3.8) is 0 Å². The number of nitro groups is 1. The van der Waals surface area contributed by atoms with Crippen molar-refractivity contribution in [3.8, 4) is 23.0 Å². The number of ether oxygens (including phenoxy) is 3. The third kappa shape index (κ3) is 5.78. The van der Waals surface area contributed by atoms with Gasteiger partial charge in [-0.05, 0) is 14.0 Å². The van der Waals surface area contributed by atoms with Crippen LogP contribution in [0.5, 0.6) is 11.5 Å². The van der Waals surface area contributed by atoms with Gasteiger partial charge < -0.3 is 24.1 Å². The van der Waals surface area contributed by atoms with Gasteiger partial charge in [0.05, 0.1) is 24.7 Å². The Morgan fingerprint density at radius 3 is 2.63 bits per heavy atom. The number of aromatic nitrogens is 2. The fourth-order valence-corrected chi connectivity index (χ4v) is 2.20. The van der Waals surface area contributed by atoms with Crippen LogP contribution in [0.1, 0.15) is 12.7 Å². The molecule has 1 atom stereocenters. The third-order valence-electron chi connectivity index (χ3n) is 3.70. The van der Waals surface area contributed by atoms with Gasteiger partial charge in [-0.2, -0.15) is 4.98 Å². The van der Waals surface area contributed by atoms with Crippen molar-refractivity contribution in [2.75, 3.05) is 34.5 Å². The van der Waals surface area contributed by atoms with Gasteiger partial charge in [-0.1, -0.05) is 5.16 Å². The lowest BCUT2D eigenvalue weighted by atomic mass is 10.1. The molecule has 0 saturated heterocycles. The molecule has 0 bridgehead atoms. The summed E-state index contributed by atoms with van der Waals surface area (Å²) in [6.45, 7) is 2.54. The second-order valence-corrected chi connectivity index (χ2v) is 5.53. The van der Waals surface area contributed by atoms with E-state index in [1.165, 1.54) is 26.4 Å². The molecule has 0 aliphatic heterocycles.